The number of halogens is 1. The van der Waals surface area contributed by atoms with Crippen molar-refractivity contribution in [2.24, 2.45) is 0 Å². The molecule has 2 atom stereocenters. The molecule has 0 spiro atoms. The summed E-state index contributed by atoms with van der Waals surface area (Å²) in [6, 6.07) is 7.59. The number of carbonyl (C=O) groups excluding carboxylic acids is 1. The second-order valence-corrected chi connectivity index (χ2v) is 4.09. The Morgan fingerprint density at radius 3 is 2.27 bits per heavy atom. The van der Waals surface area contributed by atoms with Gasteiger partial charge in [-0.25, -0.2) is 0 Å². The van der Waals surface area contributed by atoms with Crippen LogP contribution in [0.2, 0.25) is 5.02 Å². The van der Waals surface area contributed by atoms with Crippen molar-refractivity contribution in [2.75, 3.05) is 0 Å². The molecule has 0 aliphatic carbocycles. The lowest BCUT2D eigenvalue weighted by Crippen LogP contribution is -2.19. The summed E-state index contributed by atoms with van der Waals surface area (Å²) >= 11 is 5.79. The largest absolute Gasteiger partial charge is 0.462 e. The molecule has 0 aliphatic rings. The minimum Gasteiger partial charge on any atom is -0.462 e. The smallest absolute Gasteiger partial charge is 0.302 e. The molecule has 0 fully saturated rings. The molecule has 0 N–H and O–H groups in total. The first kappa shape index (κ1) is 12.1. The van der Waals surface area contributed by atoms with Crippen molar-refractivity contribution < 1.29 is 9.53 Å². The van der Waals surface area contributed by atoms with E-state index in [2.05, 4.69) is 0 Å². The van der Waals surface area contributed by atoms with E-state index in [-0.39, 0.29) is 18.0 Å². The van der Waals surface area contributed by atoms with E-state index in [0.29, 0.717) is 5.02 Å². The topological polar surface area (TPSA) is 26.3 Å². The Kier molecular flexibility index (Phi) is 4.15. The van der Waals surface area contributed by atoms with Crippen LogP contribution in [0.1, 0.15) is 32.3 Å². The molecule has 0 radical (unpaired) electrons. The number of benzene rings is 1. The minimum atomic E-state index is -0.247. The van der Waals surface area contributed by atoms with Gasteiger partial charge in [-0.05, 0) is 24.6 Å². The Bertz CT molecular complexity index is 332. The number of hydrogen-bond donors (Lipinski definition) is 0. The minimum absolute atomic E-state index is 0.122. The Balaban J connectivity index is 2.71. The second kappa shape index (κ2) is 5.17. The monoisotopic (exact) mass is 226 g/mol. The average Bonchev–Trinajstić information content (AvgIpc) is 2.17. The molecule has 1 aromatic carbocycles. The normalized spacial score (nSPS) is 14.4. The summed E-state index contributed by atoms with van der Waals surface area (Å²) in [6.07, 6.45) is -0.122. The van der Waals surface area contributed by atoms with E-state index in [4.69, 9.17) is 16.3 Å². The first-order valence-corrected chi connectivity index (χ1v) is 5.31. The highest BCUT2D eigenvalue weighted by atomic mass is 35.5. The summed E-state index contributed by atoms with van der Waals surface area (Å²) < 4.78 is 5.12. The summed E-state index contributed by atoms with van der Waals surface area (Å²) in [5.74, 6) is -0.0746. The molecule has 82 valence electrons. The van der Waals surface area contributed by atoms with E-state index in [1.54, 1.807) is 0 Å². The molecule has 0 aliphatic heterocycles. The Morgan fingerprint density at radius 2 is 1.80 bits per heavy atom. The zero-order valence-corrected chi connectivity index (χ0v) is 9.91. The van der Waals surface area contributed by atoms with Gasteiger partial charge in [0, 0.05) is 17.9 Å². The molecule has 0 saturated carbocycles. The second-order valence-electron chi connectivity index (χ2n) is 3.65. The third-order valence-corrected chi connectivity index (χ3v) is 2.70. The molecule has 0 bridgehead atoms. The third kappa shape index (κ3) is 3.56. The highest BCUT2D eigenvalue weighted by molar-refractivity contribution is 6.30. The molecule has 0 amide bonds. The maximum Gasteiger partial charge on any atom is 0.302 e. The third-order valence-electron chi connectivity index (χ3n) is 2.45. The number of hydrogen-bond acceptors (Lipinski definition) is 2. The van der Waals surface area contributed by atoms with Crippen molar-refractivity contribution in [3.63, 3.8) is 0 Å². The van der Waals surface area contributed by atoms with Crippen molar-refractivity contribution in [3.8, 4) is 0 Å². The van der Waals surface area contributed by atoms with Crippen molar-refractivity contribution in [3.05, 3.63) is 34.9 Å². The molecule has 0 saturated heterocycles. The quantitative estimate of drug-likeness (QED) is 0.739. The van der Waals surface area contributed by atoms with Gasteiger partial charge in [-0.2, -0.15) is 0 Å². The number of carbonyl (C=O) groups is 1. The molecule has 15 heavy (non-hydrogen) atoms. The average molecular weight is 227 g/mol. The molecule has 0 heterocycles. The van der Waals surface area contributed by atoms with Crippen LogP contribution in [0.5, 0.6) is 0 Å². The fraction of sp³-hybridized carbons (Fsp3) is 0.417. The fourth-order valence-corrected chi connectivity index (χ4v) is 1.53. The Hall–Kier alpha value is -1.02. The van der Waals surface area contributed by atoms with Crippen molar-refractivity contribution in [1.29, 1.82) is 0 Å². The van der Waals surface area contributed by atoms with Crippen LogP contribution in [0.25, 0.3) is 0 Å². The first-order valence-electron chi connectivity index (χ1n) is 4.93. The van der Waals surface area contributed by atoms with Gasteiger partial charge >= 0.3 is 5.97 Å². The summed E-state index contributed by atoms with van der Waals surface area (Å²) in [7, 11) is 0. The lowest BCUT2D eigenvalue weighted by atomic mass is 9.96. The maximum absolute atomic E-state index is 10.8. The predicted octanol–water partition coefficient (Wildman–Crippen LogP) is 3.40. The lowest BCUT2D eigenvalue weighted by molar-refractivity contribution is -0.146. The van der Waals surface area contributed by atoms with Gasteiger partial charge in [0.1, 0.15) is 6.10 Å². The highest BCUT2D eigenvalue weighted by Crippen LogP contribution is 2.22. The van der Waals surface area contributed by atoms with Gasteiger partial charge in [-0.15, -0.1) is 0 Å². The van der Waals surface area contributed by atoms with Crippen LogP contribution >= 0.6 is 11.6 Å². The van der Waals surface area contributed by atoms with Crippen LogP contribution in [-0.4, -0.2) is 12.1 Å². The Morgan fingerprint density at radius 1 is 1.27 bits per heavy atom. The number of ether oxygens (including phenoxy) is 1. The van der Waals surface area contributed by atoms with Crippen molar-refractivity contribution in [2.45, 2.75) is 32.8 Å². The number of esters is 1. The van der Waals surface area contributed by atoms with Gasteiger partial charge in [-0.1, -0.05) is 30.7 Å². The van der Waals surface area contributed by atoms with Crippen LogP contribution in [0.3, 0.4) is 0 Å². The van der Waals surface area contributed by atoms with Crippen LogP contribution in [0.15, 0.2) is 24.3 Å². The van der Waals surface area contributed by atoms with Crippen LogP contribution in [0, 0.1) is 0 Å². The fourth-order valence-electron chi connectivity index (χ4n) is 1.40. The lowest BCUT2D eigenvalue weighted by Gasteiger charge is -2.20. The van der Waals surface area contributed by atoms with Crippen LogP contribution in [0.4, 0.5) is 0 Å². The molecule has 0 aromatic heterocycles. The molecule has 3 heteroatoms. The van der Waals surface area contributed by atoms with E-state index in [1.807, 2.05) is 38.1 Å². The number of rotatable bonds is 3. The van der Waals surface area contributed by atoms with E-state index < -0.39 is 0 Å². The first-order chi connectivity index (χ1) is 7.00. The summed E-state index contributed by atoms with van der Waals surface area (Å²) in [5, 5.41) is 0.714. The van der Waals surface area contributed by atoms with Gasteiger partial charge in [0.2, 0.25) is 0 Å². The molecule has 0 unspecified atom stereocenters. The van der Waals surface area contributed by atoms with Crippen molar-refractivity contribution >= 4 is 17.6 Å². The van der Waals surface area contributed by atoms with Gasteiger partial charge in [0.05, 0.1) is 0 Å². The van der Waals surface area contributed by atoms with Gasteiger partial charge in [0.25, 0.3) is 0 Å². The van der Waals surface area contributed by atoms with E-state index in [0.717, 1.165) is 5.56 Å². The van der Waals surface area contributed by atoms with E-state index in [9.17, 15) is 4.79 Å². The Labute approximate surface area is 95.2 Å². The molecule has 2 nitrogen and oxygen atoms in total. The summed E-state index contributed by atoms with van der Waals surface area (Å²) in [5.41, 5.74) is 1.12. The summed E-state index contributed by atoms with van der Waals surface area (Å²) in [6.45, 7) is 5.34. The zero-order valence-electron chi connectivity index (χ0n) is 9.16. The molecule has 1 aromatic rings. The molecular formula is C12H15ClO2. The predicted molar refractivity (Wildman–Crippen MR) is 61.1 cm³/mol. The van der Waals surface area contributed by atoms with Crippen LogP contribution < -0.4 is 0 Å². The molecular weight excluding hydrogens is 212 g/mol. The van der Waals surface area contributed by atoms with E-state index in [1.165, 1.54) is 6.92 Å². The van der Waals surface area contributed by atoms with Gasteiger partial charge in [-0.3, -0.25) is 4.79 Å². The van der Waals surface area contributed by atoms with Crippen LogP contribution in [-0.2, 0) is 9.53 Å². The van der Waals surface area contributed by atoms with E-state index >= 15 is 0 Å². The molecule has 1 rings (SSSR count). The SMILES string of the molecule is CC(=O)O[C@H](C)[C@@H](C)c1ccc(Cl)cc1. The van der Waals surface area contributed by atoms with Crippen molar-refractivity contribution in [1.82, 2.24) is 0 Å². The highest BCUT2D eigenvalue weighted by Gasteiger charge is 2.16. The standard InChI is InChI=1S/C12H15ClO2/c1-8(9(2)15-10(3)14)11-4-6-12(13)7-5-11/h4-9H,1-3H3/t8-,9-/m1/s1. The summed E-state index contributed by atoms with van der Waals surface area (Å²) in [4.78, 5) is 10.8. The maximum atomic E-state index is 10.8. The van der Waals surface area contributed by atoms with Gasteiger partial charge < -0.3 is 4.74 Å². The zero-order chi connectivity index (χ0) is 11.4. The van der Waals surface area contributed by atoms with Gasteiger partial charge in [0.15, 0.2) is 0 Å².